The average molecular weight is 799 g/mol. The van der Waals surface area contributed by atoms with Crippen LogP contribution in [0.15, 0.2) is 121 Å². The Labute approximate surface area is 346 Å². The van der Waals surface area contributed by atoms with Gasteiger partial charge in [0.05, 0.1) is 24.6 Å². The zero-order valence-corrected chi connectivity index (χ0v) is 33.5. The molecule has 2 N–H and O–H groups in total. The number of carboxylic acid groups (broad SMARTS) is 1. The van der Waals surface area contributed by atoms with Crippen molar-refractivity contribution in [3.8, 4) is 11.5 Å². The van der Waals surface area contributed by atoms with E-state index < -0.39 is 53.9 Å². The highest BCUT2D eigenvalue weighted by Crippen LogP contribution is 2.27. The number of aliphatic carboxylic acids is 1. The Morgan fingerprint density at radius 3 is 1.74 bits per heavy atom. The molecule has 11 nitrogen and oxygen atoms in total. The maximum absolute atomic E-state index is 13.8. The number of ketones is 1. The maximum Gasteiger partial charge on any atom is 0.347 e. The van der Waals surface area contributed by atoms with Crippen molar-refractivity contribution < 1.29 is 52.2 Å². The molecule has 58 heavy (non-hydrogen) atoms. The minimum Gasteiger partial charge on any atom is -0.481 e. The summed E-state index contributed by atoms with van der Waals surface area (Å²) in [7, 11) is 0. The highest BCUT2D eigenvalue weighted by molar-refractivity contribution is 6.02. The summed E-state index contributed by atoms with van der Waals surface area (Å²) in [5.41, 5.74) is -1.64. The molecule has 0 bridgehead atoms. The number of esters is 3. The van der Waals surface area contributed by atoms with E-state index in [9.17, 15) is 28.8 Å². The lowest BCUT2D eigenvalue weighted by atomic mass is 9.81. The number of carboxylic acids is 1. The standard InChI is InChI=1S/C47H57NO10/c1-5-6-7-8-9-10-11-12-13-14-15-16-17-18-19-20-21-22-34-43(53)56-35-47(3,4)44(39(50)30-27-33-42(51)52)48-45(54)37-28-23-25-31-40(37)58-46(55)38-29-24-26-32-41(38)57-36(2)49/h6-7,9-10,12-13,15-16,18-19,21-26,28-29,31-32,44H,5,8,11,14,17,20,27,30,33-35H2,1-4H3,(H,48,54)(H,51,52)/b7-6-,10-9-,13-12-,16-15-,19-18-,22-21-/i2D3. The SMILES string of the molecule is [2H]C([2H])([2H])C(=O)Oc1ccccc1C(=O)Oc1ccccc1C(=O)NC(C(=O)CCCC(=O)O)C(C)(C)COC(=O)C/C=C\C/C=C\C/C=C\C/C=C\C/C=C\C/C=C\CC. The number of ether oxygens (including phenoxy) is 3. The number of carbonyl (C=O) groups is 6. The van der Waals surface area contributed by atoms with Gasteiger partial charge >= 0.3 is 23.9 Å². The smallest absolute Gasteiger partial charge is 0.347 e. The lowest BCUT2D eigenvalue weighted by molar-refractivity contribution is -0.147. The van der Waals surface area contributed by atoms with Gasteiger partial charge < -0.3 is 24.6 Å². The summed E-state index contributed by atoms with van der Waals surface area (Å²) < 4.78 is 37.7. The second-order valence-electron chi connectivity index (χ2n) is 13.7. The molecule has 0 aromatic heterocycles. The number of allylic oxidation sites excluding steroid dienone is 11. The monoisotopic (exact) mass is 798 g/mol. The molecule has 0 spiro atoms. The van der Waals surface area contributed by atoms with Gasteiger partial charge in [-0.05, 0) is 69.2 Å². The molecule has 0 fully saturated rings. The number of rotatable bonds is 26. The van der Waals surface area contributed by atoms with Crippen LogP contribution in [0.5, 0.6) is 11.5 Å². The van der Waals surface area contributed by atoms with Crippen LogP contribution in [-0.2, 0) is 23.9 Å². The van der Waals surface area contributed by atoms with Crippen LogP contribution in [0.4, 0.5) is 0 Å². The molecule has 2 rings (SSSR count). The molecular formula is C47H57NO10. The molecule has 0 heterocycles. The first-order valence-electron chi connectivity index (χ1n) is 20.8. The molecule has 1 atom stereocenters. The molecule has 2 aromatic rings. The van der Waals surface area contributed by atoms with E-state index in [1.807, 2.05) is 18.2 Å². The van der Waals surface area contributed by atoms with Gasteiger partial charge in [0.2, 0.25) is 0 Å². The minimum atomic E-state index is -3.09. The maximum atomic E-state index is 13.8. The topological polar surface area (TPSA) is 162 Å². The van der Waals surface area contributed by atoms with Crippen LogP contribution in [0.2, 0.25) is 0 Å². The Bertz CT molecular complexity index is 1960. The van der Waals surface area contributed by atoms with E-state index in [0.29, 0.717) is 6.42 Å². The Hall–Kier alpha value is -6.10. The number of carbonyl (C=O) groups excluding carboxylic acids is 5. The van der Waals surface area contributed by atoms with Gasteiger partial charge in [-0.25, -0.2) is 4.79 Å². The van der Waals surface area contributed by atoms with Crippen LogP contribution < -0.4 is 14.8 Å². The van der Waals surface area contributed by atoms with Crippen LogP contribution in [0, 0.1) is 5.41 Å². The Morgan fingerprint density at radius 2 is 1.21 bits per heavy atom. The first kappa shape index (κ1) is 43.0. The molecule has 0 radical (unpaired) electrons. The average Bonchev–Trinajstić information content (AvgIpc) is 3.21. The second-order valence-corrected chi connectivity index (χ2v) is 13.7. The lowest BCUT2D eigenvalue weighted by Crippen LogP contribution is -2.52. The van der Waals surface area contributed by atoms with Gasteiger partial charge in [-0.3, -0.25) is 24.0 Å². The number of hydrogen-bond acceptors (Lipinski definition) is 9. The van der Waals surface area contributed by atoms with E-state index in [-0.39, 0.29) is 54.9 Å². The van der Waals surface area contributed by atoms with E-state index in [1.165, 1.54) is 48.5 Å². The molecule has 0 aliphatic rings. The Morgan fingerprint density at radius 1 is 0.707 bits per heavy atom. The van der Waals surface area contributed by atoms with Gasteiger partial charge in [-0.15, -0.1) is 0 Å². The van der Waals surface area contributed by atoms with Crippen molar-refractivity contribution >= 4 is 35.6 Å². The van der Waals surface area contributed by atoms with Gasteiger partial charge in [-0.1, -0.05) is 118 Å². The van der Waals surface area contributed by atoms with Crippen molar-refractivity contribution in [2.75, 3.05) is 6.61 Å². The van der Waals surface area contributed by atoms with Crippen molar-refractivity contribution in [2.24, 2.45) is 5.41 Å². The van der Waals surface area contributed by atoms with Crippen LogP contribution in [-0.4, -0.2) is 53.3 Å². The molecule has 0 aliphatic carbocycles. The fourth-order valence-electron chi connectivity index (χ4n) is 5.31. The van der Waals surface area contributed by atoms with Crippen LogP contribution in [0.3, 0.4) is 0 Å². The molecule has 2 aromatic carbocycles. The number of nitrogens with one attached hydrogen (secondary N) is 1. The van der Waals surface area contributed by atoms with Crippen molar-refractivity contribution in [1.82, 2.24) is 5.32 Å². The predicted octanol–water partition coefficient (Wildman–Crippen LogP) is 9.41. The van der Waals surface area contributed by atoms with Crippen LogP contribution in [0.25, 0.3) is 0 Å². The van der Waals surface area contributed by atoms with E-state index in [4.69, 9.17) is 23.4 Å². The molecule has 11 heteroatoms. The van der Waals surface area contributed by atoms with Crippen molar-refractivity contribution in [2.45, 2.75) is 97.9 Å². The molecule has 0 aliphatic heterocycles. The summed E-state index contributed by atoms with van der Waals surface area (Å²) in [6.45, 7) is 1.98. The van der Waals surface area contributed by atoms with Gasteiger partial charge in [0.1, 0.15) is 17.1 Å². The molecule has 0 saturated heterocycles. The number of para-hydroxylation sites is 2. The highest BCUT2D eigenvalue weighted by Gasteiger charge is 2.38. The van der Waals surface area contributed by atoms with Crippen molar-refractivity contribution in [3.05, 3.63) is 133 Å². The highest BCUT2D eigenvalue weighted by atomic mass is 16.6. The third kappa shape index (κ3) is 19.7. The minimum absolute atomic E-state index is 0.000945. The first-order valence-corrected chi connectivity index (χ1v) is 19.3. The molecule has 0 saturated carbocycles. The van der Waals surface area contributed by atoms with Crippen molar-refractivity contribution in [3.63, 3.8) is 0 Å². The van der Waals surface area contributed by atoms with E-state index in [2.05, 4.69) is 60.8 Å². The first-order chi connectivity index (χ1) is 29.1. The third-order valence-electron chi connectivity index (χ3n) is 8.32. The van der Waals surface area contributed by atoms with Crippen LogP contribution in [0.1, 0.15) is 117 Å². The fraction of sp³-hybridized carbons (Fsp3) is 0.362. The number of Topliss-reactive ketones (excluding diaryl/α,β-unsaturated/α-hetero) is 1. The van der Waals surface area contributed by atoms with Gasteiger partial charge in [-0.2, -0.15) is 0 Å². The molecule has 310 valence electrons. The quantitative estimate of drug-likeness (QED) is 0.0533. The van der Waals surface area contributed by atoms with E-state index in [1.54, 1.807) is 19.9 Å². The Balaban J connectivity index is 2.02. The van der Waals surface area contributed by atoms with Crippen LogP contribution >= 0.6 is 0 Å². The zero-order chi connectivity index (χ0) is 45.1. The van der Waals surface area contributed by atoms with E-state index >= 15 is 0 Å². The predicted molar refractivity (Wildman–Crippen MR) is 224 cm³/mol. The van der Waals surface area contributed by atoms with Gasteiger partial charge in [0, 0.05) is 29.2 Å². The molecular weight excluding hydrogens is 739 g/mol. The number of benzene rings is 2. The van der Waals surface area contributed by atoms with E-state index in [0.717, 1.165) is 32.1 Å². The Kier molecular flexibility index (Phi) is 20.4. The van der Waals surface area contributed by atoms with Crippen molar-refractivity contribution in [1.29, 1.82) is 0 Å². The summed E-state index contributed by atoms with van der Waals surface area (Å²) in [4.78, 5) is 76.4. The molecule has 1 unspecified atom stereocenters. The number of hydrogen-bond donors (Lipinski definition) is 2. The summed E-state index contributed by atoms with van der Waals surface area (Å²) in [5, 5.41) is 11.8. The zero-order valence-electron chi connectivity index (χ0n) is 36.5. The molecule has 1 amide bonds. The lowest BCUT2D eigenvalue weighted by Gasteiger charge is -2.33. The number of amides is 1. The van der Waals surface area contributed by atoms with Gasteiger partial charge in [0.15, 0.2) is 5.78 Å². The van der Waals surface area contributed by atoms with Gasteiger partial charge in [0.25, 0.3) is 5.91 Å². The third-order valence-corrected chi connectivity index (χ3v) is 8.32. The summed E-state index contributed by atoms with van der Waals surface area (Å²) in [6.07, 6.45) is 29.3. The second kappa shape index (κ2) is 27.5. The summed E-state index contributed by atoms with van der Waals surface area (Å²) in [5.74, 6) is -6.24. The summed E-state index contributed by atoms with van der Waals surface area (Å²) in [6, 6.07) is 9.65. The normalized spacial score (nSPS) is 13.5. The fourth-order valence-corrected chi connectivity index (χ4v) is 5.31. The summed E-state index contributed by atoms with van der Waals surface area (Å²) >= 11 is 0. The largest absolute Gasteiger partial charge is 0.481 e.